The Labute approximate surface area is 109 Å². The predicted octanol–water partition coefficient (Wildman–Crippen LogP) is 2.26. The lowest BCUT2D eigenvalue weighted by molar-refractivity contribution is 0.319. The van der Waals surface area contributed by atoms with Gasteiger partial charge in [-0.2, -0.15) is 0 Å². The van der Waals surface area contributed by atoms with E-state index in [9.17, 15) is 4.39 Å². The maximum absolute atomic E-state index is 13.5. The van der Waals surface area contributed by atoms with Gasteiger partial charge in [0.25, 0.3) is 0 Å². The molecule has 3 nitrogen and oxygen atoms in total. The van der Waals surface area contributed by atoms with Crippen LogP contribution in [0, 0.1) is 5.82 Å². The molecule has 0 aliphatic rings. The van der Waals surface area contributed by atoms with Gasteiger partial charge < -0.3 is 15.0 Å². The van der Waals surface area contributed by atoms with Crippen LogP contribution in [0.2, 0.25) is 0 Å². The minimum absolute atomic E-state index is 0.294. The molecule has 4 heteroatoms. The zero-order valence-electron chi connectivity index (χ0n) is 11.7. The van der Waals surface area contributed by atoms with Crippen molar-refractivity contribution >= 4 is 0 Å². The number of benzene rings is 1. The average Bonchev–Trinajstić information content (AvgIpc) is 2.28. The summed E-state index contributed by atoms with van der Waals surface area (Å²) in [5.74, 6) is -0.00779. The first-order valence-corrected chi connectivity index (χ1v) is 6.27. The minimum atomic E-state index is -0.302. The average molecular weight is 254 g/mol. The molecular weight excluding hydrogens is 231 g/mol. The SMILES string of the molecule is COc1ccc(CN(C)CCNC(C)C)cc1F. The van der Waals surface area contributed by atoms with Gasteiger partial charge in [0.2, 0.25) is 0 Å². The van der Waals surface area contributed by atoms with Crippen molar-refractivity contribution < 1.29 is 9.13 Å². The second-order valence-electron chi connectivity index (χ2n) is 4.82. The Kier molecular flexibility index (Phi) is 6.09. The molecule has 0 bridgehead atoms. The molecule has 0 spiro atoms. The second kappa shape index (κ2) is 7.34. The Balaban J connectivity index is 2.44. The van der Waals surface area contributed by atoms with Gasteiger partial charge in [-0.15, -0.1) is 0 Å². The fourth-order valence-corrected chi connectivity index (χ4v) is 1.74. The first-order valence-electron chi connectivity index (χ1n) is 6.27. The van der Waals surface area contributed by atoms with Crippen molar-refractivity contribution in [3.8, 4) is 5.75 Å². The van der Waals surface area contributed by atoms with E-state index in [2.05, 4.69) is 24.1 Å². The van der Waals surface area contributed by atoms with Gasteiger partial charge in [-0.05, 0) is 24.7 Å². The highest BCUT2D eigenvalue weighted by Crippen LogP contribution is 2.18. The van der Waals surface area contributed by atoms with E-state index in [0.717, 1.165) is 25.2 Å². The van der Waals surface area contributed by atoms with Crippen LogP contribution in [0.4, 0.5) is 4.39 Å². The van der Waals surface area contributed by atoms with Crippen LogP contribution in [0.1, 0.15) is 19.4 Å². The van der Waals surface area contributed by atoms with Gasteiger partial charge in [-0.3, -0.25) is 0 Å². The molecule has 0 aliphatic carbocycles. The zero-order chi connectivity index (χ0) is 13.5. The highest BCUT2D eigenvalue weighted by Gasteiger charge is 2.05. The topological polar surface area (TPSA) is 24.5 Å². The first-order chi connectivity index (χ1) is 8.52. The summed E-state index contributed by atoms with van der Waals surface area (Å²) in [6.45, 7) is 6.86. The number of nitrogens with zero attached hydrogens (tertiary/aromatic N) is 1. The van der Waals surface area contributed by atoms with Gasteiger partial charge in [0.15, 0.2) is 11.6 Å². The lowest BCUT2D eigenvalue weighted by Crippen LogP contribution is -2.32. The van der Waals surface area contributed by atoms with Crippen LogP contribution in [0.15, 0.2) is 18.2 Å². The molecule has 0 saturated carbocycles. The van der Waals surface area contributed by atoms with Gasteiger partial charge >= 0.3 is 0 Å². The summed E-state index contributed by atoms with van der Waals surface area (Å²) in [5.41, 5.74) is 0.959. The van der Waals surface area contributed by atoms with Crippen molar-refractivity contribution in [1.82, 2.24) is 10.2 Å². The summed E-state index contributed by atoms with van der Waals surface area (Å²) in [7, 11) is 3.51. The second-order valence-corrected chi connectivity index (χ2v) is 4.82. The van der Waals surface area contributed by atoms with E-state index in [1.54, 1.807) is 6.07 Å². The number of likely N-dealkylation sites (N-methyl/N-ethyl adjacent to an activating group) is 1. The number of nitrogens with one attached hydrogen (secondary N) is 1. The fraction of sp³-hybridized carbons (Fsp3) is 0.571. The van der Waals surface area contributed by atoms with Crippen LogP contribution in [-0.2, 0) is 6.54 Å². The van der Waals surface area contributed by atoms with Crippen molar-refractivity contribution in [3.63, 3.8) is 0 Å². The maximum Gasteiger partial charge on any atom is 0.165 e. The predicted molar refractivity (Wildman–Crippen MR) is 72.4 cm³/mol. The van der Waals surface area contributed by atoms with E-state index in [1.165, 1.54) is 13.2 Å². The molecule has 1 N–H and O–H groups in total. The maximum atomic E-state index is 13.5. The normalized spacial score (nSPS) is 11.3. The summed E-state index contributed by atoms with van der Waals surface area (Å²) in [6, 6.07) is 5.60. The lowest BCUT2D eigenvalue weighted by Gasteiger charge is -2.18. The minimum Gasteiger partial charge on any atom is -0.494 e. The third-order valence-corrected chi connectivity index (χ3v) is 2.71. The lowest BCUT2D eigenvalue weighted by atomic mass is 10.2. The molecule has 0 atom stereocenters. The Hall–Kier alpha value is -1.13. The highest BCUT2D eigenvalue weighted by atomic mass is 19.1. The third-order valence-electron chi connectivity index (χ3n) is 2.71. The van der Waals surface area contributed by atoms with Gasteiger partial charge in [0.1, 0.15) is 0 Å². The number of hydrogen-bond acceptors (Lipinski definition) is 3. The summed E-state index contributed by atoms with van der Waals surface area (Å²) in [6.07, 6.45) is 0. The van der Waals surface area contributed by atoms with E-state index in [4.69, 9.17) is 4.74 Å². The van der Waals surface area contributed by atoms with Crippen LogP contribution in [0.25, 0.3) is 0 Å². The summed E-state index contributed by atoms with van der Waals surface area (Å²) >= 11 is 0. The molecule has 0 saturated heterocycles. The summed E-state index contributed by atoms with van der Waals surface area (Å²) in [4.78, 5) is 2.16. The molecule has 0 radical (unpaired) electrons. The zero-order valence-corrected chi connectivity index (χ0v) is 11.7. The molecule has 0 amide bonds. The third kappa shape index (κ3) is 5.02. The van der Waals surface area contributed by atoms with Crippen molar-refractivity contribution in [2.24, 2.45) is 0 Å². The Bertz CT molecular complexity index is 369. The molecule has 1 rings (SSSR count). The highest BCUT2D eigenvalue weighted by molar-refractivity contribution is 5.29. The largest absolute Gasteiger partial charge is 0.494 e. The van der Waals surface area contributed by atoms with E-state index in [1.807, 2.05) is 13.1 Å². The van der Waals surface area contributed by atoms with Gasteiger partial charge in [-0.25, -0.2) is 4.39 Å². The van der Waals surface area contributed by atoms with Crippen molar-refractivity contribution in [2.45, 2.75) is 26.4 Å². The molecule has 0 unspecified atom stereocenters. The van der Waals surface area contributed by atoms with E-state index >= 15 is 0 Å². The molecule has 0 aliphatic heterocycles. The first kappa shape index (κ1) is 14.9. The Morgan fingerprint density at radius 3 is 2.67 bits per heavy atom. The number of ether oxygens (including phenoxy) is 1. The molecule has 18 heavy (non-hydrogen) atoms. The van der Waals surface area contributed by atoms with Crippen molar-refractivity contribution in [1.29, 1.82) is 0 Å². The Morgan fingerprint density at radius 1 is 1.39 bits per heavy atom. The van der Waals surface area contributed by atoms with E-state index in [-0.39, 0.29) is 5.82 Å². The summed E-state index contributed by atoms with van der Waals surface area (Å²) in [5, 5.41) is 3.36. The van der Waals surface area contributed by atoms with Crippen LogP contribution in [0.5, 0.6) is 5.75 Å². The molecular formula is C14H23FN2O. The Morgan fingerprint density at radius 2 is 2.11 bits per heavy atom. The molecule has 1 aromatic carbocycles. The van der Waals surface area contributed by atoms with Gasteiger partial charge in [0.05, 0.1) is 7.11 Å². The van der Waals surface area contributed by atoms with Crippen LogP contribution in [-0.4, -0.2) is 38.2 Å². The fourth-order valence-electron chi connectivity index (χ4n) is 1.74. The van der Waals surface area contributed by atoms with Gasteiger partial charge in [-0.1, -0.05) is 19.9 Å². The number of methoxy groups -OCH3 is 1. The van der Waals surface area contributed by atoms with Crippen molar-refractivity contribution in [3.05, 3.63) is 29.6 Å². The van der Waals surface area contributed by atoms with Crippen LogP contribution < -0.4 is 10.1 Å². The smallest absolute Gasteiger partial charge is 0.165 e. The quantitative estimate of drug-likeness (QED) is 0.808. The number of hydrogen-bond donors (Lipinski definition) is 1. The van der Waals surface area contributed by atoms with Crippen LogP contribution in [0.3, 0.4) is 0 Å². The molecule has 0 fully saturated rings. The number of rotatable bonds is 7. The van der Waals surface area contributed by atoms with Gasteiger partial charge in [0, 0.05) is 25.7 Å². The van der Waals surface area contributed by atoms with E-state index in [0.29, 0.717) is 11.8 Å². The van der Waals surface area contributed by atoms with Crippen LogP contribution >= 0.6 is 0 Å². The molecule has 1 aromatic rings. The molecule has 102 valence electrons. The van der Waals surface area contributed by atoms with Crippen molar-refractivity contribution in [2.75, 3.05) is 27.2 Å². The summed E-state index contributed by atoms with van der Waals surface area (Å²) < 4.78 is 18.4. The van der Waals surface area contributed by atoms with E-state index < -0.39 is 0 Å². The molecule has 0 aromatic heterocycles. The standard InChI is InChI=1S/C14H23FN2O/c1-11(2)16-7-8-17(3)10-12-5-6-14(18-4)13(15)9-12/h5-6,9,11,16H,7-8,10H2,1-4H3. The monoisotopic (exact) mass is 254 g/mol. The molecule has 0 heterocycles. The number of halogens is 1.